The zero-order chi connectivity index (χ0) is 20.3. The maximum Gasteiger partial charge on any atom is 0.325 e. The van der Waals surface area contributed by atoms with Gasteiger partial charge in [0.05, 0.1) is 29.3 Å². The molecule has 0 saturated carbocycles. The van der Waals surface area contributed by atoms with Crippen molar-refractivity contribution in [3.05, 3.63) is 52.8 Å². The Labute approximate surface area is 166 Å². The van der Waals surface area contributed by atoms with Gasteiger partial charge < -0.3 is 14.0 Å². The van der Waals surface area contributed by atoms with Crippen LogP contribution in [-0.2, 0) is 32.5 Å². The van der Waals surface area contributed by atoms with E-state index >= 15 is 0 Å². The van der Waals surface area contributed by atoms with Crippen molar-refractivity contribution in [3.63, 3.8) is 0 Å². The van der Waals surface area contributed by atoms with Crippen molar-refractivity contribution in [1.82, 2.24) is 4.57 Å². The van der Waals surface area contributed by atoms with E-state index in [-0.39, 0.29) is 16.2 Å². The molecular formula is C19H20N2O5S2. The maximum atomic E-state index is 12.8. The summed E-state index contributed by atoms with van der Waals surface area (Å²) in [4.78, 5) is 12.1. The molecule has 1 heterocycles. The third-order valence-electron chi connectivity index (χ3n) is 4.23. The van der Waals surface area contributed by atoms with Gasteiger partial charge in [-0.15, -0.1) is 4.40 Å². The molecule has 7 nitrogen and oxygen atoms in total. The molecule has 0 aliphatic rings. The molecule has 3 rings (SSSR count). The number of carbonyl (C=O) groups is 1. The summed E-state index contributed by atoms with van der Waals surface area (Å²) in [5.74, 6) is 0.0659. The van der Waals surface area contributed by atoms with E-state index < -0.39 is 16.0 Å². The highest BCUT2D eigenvalue weighted by molar-refractivity contribution is 7.90. The average molecular weight is 421 g/mol. The molecule has 0 saturated heterocycles. The molecule has 0 aliphatic carbocycles. The molecule has 148 valence electrons. The predicted octanol–water partition coefficient (Wildman–Crippen LogP) is 2.74. The third-order valence-corrected chi connectivity index (χ3v) is 6.66. The van der Waals surface area contributed by atoms with Crippen LogP contribution >= 0.6 is 11.3 Å². The Balaban J connectivity index is 2.18. The number of hydrogen-bond acceptors (Lipinski definition) is 6. The first kappa shape index (κ1) is 20.1. The Kier molecular flexibility index (Phi) is 5.85. The number of ether oxygens (including phenoxy) is 2. The minimum Gasteiger partial charge on any atom is -0.497 e. The van der Waals surface area contributed by atoms with E-state index in [0.717, 1.165) is 22.2 Å². The van der Waals surface area contributed by atoms with Crippen molar-refractivity contribution in [2.75, 3.05) is 14.2 Å². The smallest absolute Gasteiger partial charge is 0.325 e. The zero-order valence-electron chi connectivity index (χ0n) is 15.7. The number of aromatic nitrogens is 1. The highest BCUT2D eigenvalue weighted by Crippen LogP contribution is 2.21. The summed E-state index contributed by atoms with van der Waals surface area (Å²) in [5, 5.41) is 0. The lowest BCUT2D eigenvalue weighted by Gasteiger charge is -2.05. The molecule has 3 aromatic rings. The molecule has 0 unspecified atom stereocenters. The van der Waals surface area contributed by atoms with Crippen LogP contribution in [0.5, 0.6) is 5.75 Å². The standard InChI is InChI=1S/C19H20N2O5S2/c1-4-13-5-10-16-17(11-13)27-19(21(16)12-18(22)26-3)20-28(23,24)15-8-6-14(25-2)7-9-15/h5-11H,4,12H2,1-3H3. The number of methoxy groups -OCH3 is 2. The number of carbonyl (C=O) groups excluding carboxylic acids is 1. The number of rotatable bonds is 6. The van der Waals surface area contributed by atoms with Crippen molar-refractivity contribution >= 4 is 37.5 Å². The first-order valence-electron chi connectivity index (χ1n) is 8.52. The van der Waals surface area contributed by atoms with Gasteiger partial charge in [-0.25, -0.2) is 0 Å². The molecule has 2 aromatic carbocycles. The van der Waals surface area contributed by atoms with Gasteiger partial charge in [0.1, 0.15) is 12.3 Å². The minimum absolute atomic E-state index is 0.0459. The third kappa shape index (κ3) is 4.10. The maximum absolute atomic E-state index is 12.8. The highest BCUT2D eigenvalue weighted by Gasteiger charge is 2.16. The van der Waals surface area contributed by atoms with Gasteiger partial charge in [0, 0.05) is 0 Å². The van der Waals surface area contributed by atoms with Crippen LogP contribution in [0.1, 0.15) is 12.5 Å². The monoisotopic (exact) mass is 420 g/mol. The summed E-state index contributed by atoms with van der Waals surface area (Å²) in [5.41, 5.74) is 1.85. The van der Waals surface area contributed by atoms with Gasteiger partial charge in [-0.2, -0.15) is 8.42 Å². The lowest BCUT2D eigenvalue weighted by Crippen LogP contribution is -2.22. The van der Waals surface area contributed by atoms with E-state index in [1.54, 1.807) is 16.7 Å². The number of aryl methyl sites for hydroxylation is 1. The lowest BCUT2D eigenvalue weighted by molar-refractivity contribution is -0.141. The summed E-state index contributed by atoms with van der Waals surface area (Å²) in [6.45, 7) is 1.91. The van der Waals surface area contributed by atoms with Gasteiger partial charge in [0.2, 0.25) is 4.80 Å². The SMILES string of the molecule is CCc1ccc2c(c1)sc(=NS(=O)(=O)c1ccc(OC)cc1)n2CC(=O)OC. The van der Waals surface area contributed by atoms with Crippen molar-refractivity contribution in [2.24, 2.45) is 4.40 Å². The Morgan fingerprint density at radius 1 is 1.14 bits per heavy atom. The van der Waals surface area contributed by atoms with E-state index in [9.17, 15) is 13.2 Å². The topological polar surface area (TPSA) is 87.0 Å². The van der Waals surface area contributed by atoms with E-state index in [1.165, 1.54) is 37.7 Å². The van der Waals surface area contributed by atoms with Crippen LogP contribution in [0.4, 0.5) is 0 Å². The Morgan fingerprint density at radius 3 is 2.46 bits per heavy atom. The summed E-state index contributed by atoms with van der Waals surface area (Å²) in [7, 11) is -1.17. The molecule has 1 aromatic heterocycles. The Hall–Kier alpha value is -2.65. The van der Waals surface area contributed by atoms with Gasteiger partial charge in [-0.1, -0.05) is 24.3 Å². The lowest BCUT2D eigenvalue weighted by atomic mass is 10.2. The molecule has 0 amide bonds. The molecule has 0 atom stereocenters. The summed E-state index contributed by atoms with van der Waals surface area (Å²) < 4.78 is 41.8. The van der Waals surface area contributed by atoms with Gasteiger partial charge in [0.25, 0.3) is 10.0 Å². The molecule has 0 bridgehead atoms. The number of nitrogens with zero attached hydrogens (tertiary/aromatic N) is 2. The number of esters is 1. The Bertz CT molecular complexity index is 1180. The second-order valence-electron chi connectivity index (χ2n) is 5.94. The number of thiazole rings is 1. The van der Waals surface area contributed by atoms with Crippen molar-refractivity contribution < 1.29 is 22.7 Å². The van der Waals surface area contributed by atoms with Gasteiger partial charge in [0.15, 0.2) is 0 Å². The molecule has 0 radical (unpaired) electrons. The fraction of sp³-hybridized carbons (Fsp3) is 0.263. The van der Waals surface area contributed by atoms with Crippen LogP contribution in [0.15, 0.2) is 51.8 Å². The fourth-order valence-electron chi connectivity index (χ4n) is 2.66. The molecule has 0 spiro atoms. The molecule has 28 heavy (non-hydrogen) atoms. The summed E-state index contributed by atoms with van der Waals surface area (Å²) in [6.07, 6.45) is 0.849. The van der Waals surface area contributed by atoms with Crippen LogP contribution in [0.3, 0.4) is 0 Å². The Morgan fingerprint density at radius 2 is 1.86 bits per heavy atom. The van der Waals surface area contributed by atoms with Gasteiger partial charge >= 0.3 is 5.97 Å². The molecule has 0 N–H and O–H groups in total. The number of fused-ring (bicyclic) bond motifs is 1. The molecular weight excluding hydrogens is 400 g/mol. The average Bonchev–Trinajstić information content (AvgIpc) is 3.03. The second kappa shape index (κ2) is 8.15. The first-order chi connectivity index (χ1) is 13.4. The summed E-state index contributed by atoms with van der Waals surface area (Å²) >= 11 is 1.22. The van der Waals surface area contributed by atoms with E-state index in [1.807, 2.05) is 25.1 Å². The quantitative estimate of drug-likeness (QED) is 0.572. The van der Waals surface area contributed by atoms with Crippen molar-refractivity contribution in [3.8, 4) is 5.75 Å². The minimum atomic E-state index is -3.96. The van der Waals surface area contributed by atoms with Crippen LogP contribution in [-0.4, -0.2) is 33.2 Å². The summed E-state index contributed by atoms with van der Waals surface area (Å²) in [6, 6.07) is 11.8. The highest BCUT2D eigenvalue weighted by atomic mass is 32.2. The van der Waals surface area contributed by atoms with Gasteiger partial charge in [-0.05, 0) is 48.4 Å². The van der Waals surface area contributed by atoms with Crippen LogP contribution < -0.4 is 9.54 Å². The van der Waals surface area contributed by atoms with Crippen LogP contribution in [0, 0.1) is 0 Å². The van der Waals surface area contributed by atoms with E-state index in [0.29, 0.717) is 5.75 Å². The van der Waals surface area contributed by atoms with Gasteiger partial charge in [-0.3, -0.25) is 4.79 Å². The zero-order valence-corrected chi connectivity index (χ0v) is 17.3. The van der Waals surface area contributed by atoms with E-state index in [4.69, 9.17) is 9.47 Å². The van der Waals surface area contributed by atoms with E-state index in [2.05, 4.69) is 4.40 Å². The molecule has 0 fully saturated rings. The molecule has 0 aliphatic heterocycles. The second-order valence-corrected chi connectivity index (χ2v) is 8.56. The van der Waals surface area contributed by atoms with Crippen molar-refractivity contribution in [1.29, 1.82) is 0 Å². The largest absolute Gasteiger partial charge is 0.497 e. The number of sulfonamides is 1. The van der Waals surface area contributed by atoms with Crippen molar-refractivity contribution in [2.45, 2.75) is 24.8 Å². The van der Waals surface area contributed by atoms with Crippen LogP contribution in [0.2, 0.25) is 0 Å². The number of hydrogen-bond donors (Lipinski definition) is 0. The first-order valence-corrected chi connectivity index (χ1v) is 10.8. The fourth-order valence-corrected chi connectivity index (χ4v) is 4.95. The van der Waals surface area contributed by atoms with Crippen LogP contribution in [0.25, 0.3) is 10.2 Å². The number of benzene rings is 2. The molecule has 9 heteroatoms. The normalized spacial score (nSPS) is 12.3. The predicted molar refractivity (Wildman–Crippen MR) is 107 cm³/mol.